The van der Waals surface area contributed by atoms with Gasteiger partial charge in [-0.2, -0.15) is 0 Å². The van der Waals surface area contributed by atoms with Crippen molar-refractivity contribution >= 4 is 11.7 Å². The van der Waals surface area contributed by atoms with Gasteiger partial charge in [-0.25, -0.2) is 4.98 Å². The number of pyridine rings is 1. The van der Waals surface area contributed by atoms with E-state index in [9.17, 15) is 0 Å². The van der Waals surface area contributed by atoms with Crippen molar-refractivity contribution in [3.63, 3.8) is 0 Å². The van der Waals surface area contributed by atoms with Gasteiger partial charge in [0, 0.05) is 24.3 Å². The van der Waals surface area contributed by atoms with Crippen molar-refractivity contribution in [3.8, 4) is 0 Å². The van der Waals surface area contributed by atoms with Crippen LogP contribution in [0.2, 0.25) is 0 Å². The van der Waals surface area contributed by atoms with E-state index in [0.717, 1.165) is 17.1 Å². The first kappa shape index (κ1) is 13.8. The van der Waals surface area contributed by atoms with Gasteiger partial charge in [0.15, 0.2) is 0 Å². The second-order valence-electron chi connectivity index (χ2n) is 5.53. The van der Waals surface area contributed by atoms with Gasteiger partial charge in [-0.15, -0.1) is 0 Å². The summed E-state index contributed by atoms with van der Waals surface area (Å²) in [7, 11) is 2.11. The van der Waals surface area contributed by atoms with Crippen LogP contribution in [0.3, 0.4) is 0 Å². The average molecular weight is 260 g/mol. The maximum atomic E-state index is 7.58. The van der Waals surface area contributed by atoms with E-state index >= 15 is 0 Å². The Hall–Kier alpha value is -1.58. The van der Waals surface area contributed by atoms with Crippen LogP contribution in [-0.4, -0.2) is 23.9 Å². The maximum Gasteiger partial charge on any atom is 0.129 e. The smallest absolute Gasteiger partial charge is 0.129 e. The second kappa shape index (κ2) is 6.04. The van der Waals surface area contributed by atoms with Crippen LogP contribution in [0, 0.1) is 12.3 Å². The molecule has 1 aliphatic rings. The van der Waals surface area contributed by atoms with Crippen LogP contribution in [0.4, 0.5) is 5.82 Å². The van der Waals surface area contributed by atoms with Crippen molar-refractivity contribution in [1.82, 2.24) is 4.98 Å². The number of nitrogens with zero attached hydrogens (tertiary/aromatic N) is 2. The highest BCUT2D eigenvalue weighted by Crippen LogP contribution is 2.25. The van der Waals surface area contributed by atoms with E-state index in [-0.39, 0.29) is 5.84 Å². The van der Waals surface area contributed by atoms with Gasteiger partial charge >= 0.3 is 0 Å². The van der Waals surface area contributed by atoms with Gasteiger partial charge in [-0.1, -0.05) is 25.7 Å². The summed E-state index contributed by atoms with van der Waals surface area (Å²) in [5.74, 6) is 1.05. The Morgan fingerprint density at radius 1 is 1.26 bits per heavy atom. The molecule has 19 heavy (non-hydrogen) atoms. The van der Waals surface area contributed by atoms with E-state index in [1.54, 1.807) is 0 Å². The molecule has 1 aromatic heterocycles. The predicted molar refractivity (Wildman–Crippen MR) is 79.9 cm³/mol. The third-order valence-corrected chi connectivity index (χ3v) is 3.98. The monoisotopic (exact) mass is 260 g/mol. The Labute approximate surface area is 115 Å². The second-order valence-corrected chi connectivity index (χ2v) is 5.53. The number of amidine groups is 1. The van der Waals surface area contributed by atoms with Crippen molar-refractivity contribution in [2.75, 3.05) is 11.9 Å². The van der Waals surface area contributed by atoms with Crippen molar-refractivity contribution in [2.24, 2.45) is 5.73 Å². The van der Waals surface area contributed by atoms with Crippen LogP contribution in [0.25, 0.3) is 0 Å². The summed E-state index contributed by atoms with van der Waals surface area (Å²) in [6.45, 7) is 1.96. The molecule has 0 aliphatic heterocycles. The summed E-state index contributed by atoms with van der Waals surface area (Å²) in [4.78, 5) is 6.86. The molecule has 0 spiro atoms. The number of hydrogen-bond acceptors (Lipinski definition) is 3. The van der Waals surface area contributed by atoms with Gasteiger partial charge < -0.3 is 10.6 Å². The van der Waals surface area contributed by atoms with Crippen molar-refractivity contribution in [1.29, 1.82) is 5.41 Å². The summed E-state index contributed by atoms with van der Waals surface area (Å²) >= 11 is 0. The summed E-state index contributed by atoms with van der Waals surface area (Å²) in [5.41, 5.74) is 7.28. The Morgan fingerprint density at radius 2 is 1.89 bits per heavy atom. The summed E-state index contributed by atoms with van der Waals surface area (Å²) in [6, 6.07) is 4.36. The highest BCUT2D eigenvalue weighted by Gasteiger charge is 2.18. The van der Waals surface area contributed by atoms with Crippen LogP contribution >= 0.6 is 0 Å². The molecule has 1 saturated carbocycles. The molecule has 0 radical (unpaired) electrons. The zero-order valence-electron chi connectivity index (χ0n) is 11.9. The molecule has 0 amide bonds. The molecule has 4 nitrogen and oxygen atoms in total. The molecule has 1 heterocycles. The highest BCUT2D eigenvalue weighted by atomic mass is 15.2. The molecular weight excluding hydrogens is 236 g/mol. The maximum absolute atomic E-state index is 7.58. The lowest BCUT2D eigenvalue weighted by Gasteiger charge is -2.28. The number of rotatable bonds is 3. The minimum Gasteiger partial charge on any atom is -0.384 e. The van der Waals surface area contributed by atoms with Gasteiger partial charge in [0.1, 0.15) is 11.7 Å². The first-order valence-corrected chi connectivity index (χ1v) is 7.14. The molecule has 0 bridgehead atoms. The number of anilines is 1. The van der Waals surface area contributed by atoms with Gasteiger partial charge in [0.2, 0.25) is 0 Å². The van der Waals surface area contributed by atoms with E-state index in [1.807, 2.05) is 19.1 Å². The summed E-state index contributed by atoms with van der Waals surface area (Å²) in [6.07, 6.45) is 7.79. The quantitative estimate of drug-likeness (QED) is 0.499. The first-order valence-electron chi connectivity index (χ1n) is 7.14. The molecule has 104 valence electrons. The van der Waals surface area contributed by atoms with Gasteiger partial charge in [-0.3, -0.25) is 5.41 Å². The summed E-state index contributed by atoms with van der Waals surface area (Å²) in [5, 5.41) is 7.58. The Balaban J connectivity index is 2.21. The molecule has 1 aromatic rings. The van der Waals surface area contributed by atoms with Crippen LogP contribution in [0.5, 0.6) is 0 Å². The molecule has 0 atom stereocenters. The zero-order valence-corrected chi connectivity index (χ0v) is 11.9. The lowest BCUT2D eigenvalue weighted by atomic mass is 10.1. The Bertz CT molecular complexity index is 447. The van der Waals surface area contributed by atoms with E-state index in [2.05, 4.69) is 16.9 Å². The zero-order chi connectivity index (χ0) is 13.8. The minimum atomic E-state index is 0.112. The molecule has 0 unspecified atom stereocenters. The number of aryl methyl sites for hydroxylation is 1. The Morgan fingerprint density at radius 3 is 2.47 bits per heavy atom. The van der Waals surface area contributed by atoms with E-state index in [4.69, 9.17) is 11.1 Å². The summed E-state index contributed by atoms with van der Waals surface area (Å²) < 4.78 is 0. The fourth-order valence-electron chi connectivity index (χ4n) is 2.82. The number of hydrogen-bond donors (Lipinski definition) is 2. The molecule has 3 N–H and O–H groups in total. The SMILES string of the molecule is Cc1cc(C(=N)N)cc(N(C)C2CCCCCC2)n1. The highest BCUT2D eigenvalue weighted by molar-refractivity contribution is 5.95. The number of nitrogen functional groups attached to an aromatic ring is 1. The van der Waals surface area contributed by atoms with Crippen molar-refractivity contribution < 1.29 is 0 Å². The van der Waals surface area contributed by atoms with Gasteiger partial charge in [-0.05, 0) is 31.9 Å². The Kier molecular flexibility index (Phi) is 4.40. The van der Waals surface area contributed by atoms with Crippen molar-refractivity contribution in [3.05, 3.63) is 23.4 Å². The molecule has 2 rings (SSSR count). The molecule has 1 fully saturated rings. The van der Waals surface area contributed by atoms with Crippen LogP contribution in [0.1, 0.15) is 49.8 Å². The van der Waals surface area contributed by atoms with E-state index in [0.29, 0.717) is 6.04 Å². The third kappa shape index (κ3) is 3.46. The molecular formula is C15H24N4. The predicted octanol–water partition coefficient (Wildman–Crippen LogP) is 2.83. The fourth-order valence-corrected chi connectivity index (χ4v) is 2.82. The van der Waals surface area contributed by atoms with E-state index in [1.165, 1.54) is 38.5 Å². The molecule has 0 aromatic carbocycles. The average Bonchev–Trinajstić information content (AvgIpc) is 2.65. The van der Waals surface area contributed by atoms with Gasteiger partial charge in [0.05, 0.1) is 0 Å². The number of nitrogens with two attached hydrogens (primary N) is 1. The van der Waals surface area contributed by atoms with Crippen LogP contribution in [0.15, 0.2) is 12.1 Å². The number of nitrogens with one attached hydrogen (secondary N) is 1. The minimum absolute atomic E-state index is 0.112. The topological polar surface area (TPSA) is 66.0 Å². The first-order chi connectivity index (χ1) is 9.08. The third-order valence-electron chi connectivity index (χ3n) is 3.98. The number of aromatic nitrogens is 1. The standard InChI is InChI=1S/C15H24N4/c1-11-9-12(15(16)17)10-14(18-11)19(2)13-7-5-3-4-6-8-13/h9-10,13H,3-8H2,1-2H3,(H3,16,17). The lowest BCUT2D eigenvalue weighted by Crippen LogP contribution is -2.32. The lowest BCUT2D eigenvalue weighted by molar-refractivity contribution is 0.549. The molecule has 4 heteroatoms. The molecule has 1 aliphatic carbocycles. The van der Waals surface area contributed by atoms with Crippen LogP contribution < -0.4 is 10.6 Å². The fraction of sp³-hybridized carbons (Fsp3) is 0.600. The van der Waals surface area contributed by atoms with E-state index < -0.39 is 0 Å². The largest absolute Gasteiger partial charge is 0.384 e. The normalized spacial score (nSPS) is 16.9. The molecule has 0 saturated heterocycles. The van der Waals surface area contributed by atoms with Gasteiger partial charge in [0.25, 0.3) is 0 Å². The van der Waals surface area contributed by atoms with Crippen LogP contribution in [-0.2, 0) is 0 Å². The van der Waals surface area contributed by atoms with Crippen molar-refractivity contribution in [2.45, 2.75) is 51.5 Å².